The summed E-state index contributed by atoms with van der Waals surface area (Å²) in [6.45, 7) is 0.531. The molecule has 1 heterocycles. The minimum absolute atomic E-state index is 0.122. The van der Waals surface area contributed by atoms with Crippen LogP contribution in [0, 0.1) is 0 Å². The topological polar surface area (TPSA) is 186 Å². The molecule has 0 aliphatic carbocycles. The molecule has 0 unspecified atom stereocenters. The third-order valence-corrected chi connectivity index (χ3v) is 7.04. The predicted octanol–water partition coefficient (Wildman–Crippen LogP) is 0.909. The van der Waals surface area contributed by atoms with E-state index in [1.54, 1.807) is 6.07 Å². The number of nitrogens with zero attached hydrogens (tertiary/aromatic N) is 2. The molecule has 1 atom stereocenters. The van der Waals surface area contributed by atoms with Gasteiger partial charge in [0.1, 0.15) is 22.3 Å². The monoisotopic (exact) mass is 499 g/mol. The van der Waals surface area contributed by atoms with E-state index < -0.39 is 44.6 Å². The van der Waals surface area contributed by atoms with Crippen LogP contribution in [0.5, 0.6) is 0 Å². The van der Waals surface area contributed by atoms with Crippen molar-refractivity contribution in [2.75, 3.05) is 11.9 Å². The number of nitrogens with two attached hydrogens (primary N) is 1. The average molecular weight is 500 g/mol. The molecule has 3 rings (SSSR count). The molecule has 12 nitrogen and oxygen atoms in total. The highest BCUT2D eigenvalue weighted by Crippen LogP contribution is 2.37. The molecule has 0 radical (unpaired) electrons. The Bertz CT molecular complexity index is 1370. The summed E-state index contributed by atoms with van der Waals surface area (Å²) < 4.78 is 62.9. The molecule has 1 amide bonds. The Morgan fingerprint density at radius 1 is 1.12 bits per heavy atom. The van der Waals surface area contributed by atoms with Crippen LogP contribution in [0.1, 0.15) is 6.92 Å². The number of benzene rings is 2. The van der Waals surface area contributed by atoms with Crippen LogP contribution in [-0.4, -0.2) is 41.4 Å². The van der Waals surface area contributed by atoms with Crippen molar-refractivity contribution in [2.45, 2.75) is 22.8 Å². The molecule has 0 fully saturated rings. The molecule has 32 heavy (non-hydrogen) atoms. The van der Waals surface area contributed by atoms with Crippen LogP contribution in [0.3, 0.4) is 0 Å². The number of hydrogen-bond acceptors (Lipinski definition) is 9. The first-order chi connectivity index (χ1) is 15.0. The first-order valence-electron chi connectivity index (χ1n) is 8.80. The summed E-state index contributed by atoms with van der Waals surface area (Å²) in [4.78, 5) is 23.8. The highest BCUT2D eigenvalue weighted by atomic mass is 32.2. The number of sulfonamides is 2. The minimum atomic E-state index is -4.12. The van der Waals surface area contributed by atoms with Crippen LogP contribution < -0.4 is 15.2 Å². The van der Waals surface area contributed by atoms with Crippen molar-refractivity contribution in [2.24, 2.45) is 13.9 Å². The second-order valence-electron chi connectivity index (χ2n) is 6.46. The van der Waals surface area contributed by atoms with Gasteiger partial charge in [0.05, 0.1) is 16.3 Å². The molecule has 2 aromatic rings. The van der Waals surface area contributed by atoms with E-state index in [0.717, 1.165) is 17.4 Å². The van der Waals surface area contributed by atoms with Gasteiger partial charge >= 0.3 is 5.97 Å². The van der Waals surface area contributed by atoms with Gasteiger partial charge in [0, 0.05) is 5.69 Å². The average Bonchev–Trinajstić information content (AvgIpc) is 3.20. The maximum Gasteiger partial charge on any atom is 0.324 e. The standard InChI is InChI=1S/C17H17N5O7S3/c1-10(22-32(27,28)14-7-3-6-13-16(14)21-30-20-13)17(24)29-9-15(23)19-11-4-2-5-12(8-11)31(18,25)26/h2-8,10,22H,9H2,1H3,(H,19,23)(H2,18,25,26)/t10-/m1/s1. The third kappa shape index (κ3) is 5.63. The molecule has 1 aliphatic heterocycles. The number of esters is 1. The number of anilines is 1. The lowest BCUT2D eigenvalue weighted by Crippen LogP contribution is -2.40. The van der Waals surface area contributed by atoms with E-state index in [1.807, 2.05) is 0 Å². The quantitative estimate of drug-likeness (QED) is 0.384. The largest absolute Gasteiger partial charge is 0.454 e. The smallest absolute Gasteiger partial charge is 0.324 e. The number of primary sulfonamides is 1. The maximum absolute atomic E-state index is 12.6. The van der Waals surface area contributed by atoms with Crippen LogP contribution >= 0.6 is 0 Å². The second kappa shape index (κ2) is 9.25. The number of ether oxygens (including phenoxy) is 1. The van der Waals surface area contributed by atoms with Gasteiger partial charge in [-0.05, 0) is 37.3 Å². The number of nitrogens with one attached hydrogen (secondary N) is 2. The number of carbonyl (C=O) groups is 2. The van der Waals surface area contributed by atoms with Gasteiger partial charge in [0.15, 0.2) is 6.61 Å². The summed E-state index contributed by atoms with van der Waals surface area (Å²) in [5.74, 6) is -1.76. The van der Waals surface area contributed by atoms with Crippen LogP contribution in [0.2, 0.25) is 0 Å². The fourth-order valence-electron chi connectivity index (χ4n) is 2.55. The van der Waals surface area contributed by atoms with E-state index in [-0.39, 0.29) is 21.2 Å². The van der Waals surface area contributed by atoms with Crippen molar-refractivity contribution in [1.82, 2.24) is 4.72 Å². The van der Waals surface area contributed by atoms with Gasteiger partial charge in [-0.3, -0.25) is 9.59 Å². The van der Waals surface area contributed by atoms with E-state index in [0.29, 0.717) is 5.69 Å². The molecule has 0 spiro atoms. The molecule has 4 N–H and O–H groups in total. The Balaban J connectivity index is 1.58. The van der Waals surface area contributed by atoms with Crippen LogP contribution in [-0.2, 0) is 45.7 Å². The molecule has 0 saturated heterocycles. The predicted molar refractivity (Wildman–Crippen MR) is 115 cm³/mol. The molecule has 1 aliphatic rings. The zero-order chi connectivity index (χ0) is 23.5. The number of fused-ring (bicyclic) bond motifs is 1. The molecule has 2 aromatic carbocycles. The Morgan fingerprint density at radius 3 is 2.56 bits per heavy atom. The van der Waals surface area contributed by atoms with Crippen molar-refractivity contribution in [3.63, 3.8) is 0 Å². The SMILES string of the molecule is C[C@@H](NS(=O)(=O)c1cccc2c1N=S=N2)C(=O)OCC(=O)Nc1cccc(S(N)(=O)=O)c1. The maximum atomic E-state index is 12.6. The fourth-order valence-corrected chi connectivity index (χ4v) is 5.07. The van der Waals surface area contributed by atoms with Crippen molar-refractivity contribution in [3.8, 4) is 0 Å². The van der Waals surface area contributed by atoms with E-state index in [9.17, 15) is 26.4 Å². The summed E-state index contributed by atoms with van der Waals surface area (Å²) >= 11 is 0.854. The van der Waals surface area contributed by atoms with Gasteiger partial charge in [0.2, 0.25) is 20.0 Å². The Labute approximate surface area is 187 Å². The number of carbonyl (C=O) groups excluding carboxylic acids is 2. The van der Waals surface area contributed by atoms with Crippen molar-refractivity contribution in [3.05, 3.63) is 42.5 Å². The molecule has 0 bridgehead atoms. The zero-order valence-electron chi connectivity index (χ0n) is 16.4. The molecular weight excluding hydrogens is 482 g/mol. The van der Waals surface area contributed by atoms with Crippen molar-refractivity contribution >= 4 is 60.3 Å². The highest BCUT2D eigenvalue weighted by Gasteiger charge is 2.27. The lowest BCUT2D eigenvalue weighted by atomic mass is 10.3. The van der Waals surface area contributed by atoms with E-state index in [4.69, 9.17) is 9.88 Å². The second-order valence-corrected chi connectivity index (χ2v) is 10.2. The first kappa shape index (κ1) is 23.7. The third-order valence-electron chi connectivity index (χ3n) is 4.02. The molecular formula is C17H17N5O7S3. The summed E-state index contributed by atoms with van der Waals surface area (Å²) in [5.41, 5.74) is 0.694. The minimum Gasteiger partial charge on any atom is -0.454 e. The Kier molecular flexibility index (Phi) is 6.85. The Morgan fingerprint density at radius 2 is 1.84 bits per heavy atom. The van der Waals surface area contributed by atoms with E-state index >= 15 is 0 Å². The first-order valence-corrected chi connectivity index (χ1v) is 12.6. The van der Waals surface area contributed by atoms with Gasteiger partial charge in [0.25, 0.3) is 5.91 Å². The summed E-state index contributed by atoms with van der Waals surface area (Å²) in [5, 5.41) is 7.38. The van der Waals surface area contributed by atoms with E-state index in [2.05, 4.69) is 18.8 Å². The zero-order valence-corrected chi connectivity index (χ0v) is 18.8. The number of hydrogen-bond donors (Lipinski definition) is 3. The number of amides is 1. The molecule has 0 saturated carbocycles. The van der Waals surface area contributed by atoms with Gasteiger partial charge < -0.3 is 10.1 Å². The van der Waals surface area contributed by atoms with Crippen LogP contribution in [0.25, 0.3) is 0 Å². The van der Waals surface area contributed by atoms with Gasteiger partial charge in [-0.15, -0.1) is 0 Å². The van der Waals surface area contributed by atoms with Crippen LogP contribution in [0.15, 0.2) is 61.0 Å². The molecule has 15 heteroatoms. The lowest BCUT2D eigenvalue weighted by Gasteiger charge is -2.14. The Hall–Kier alpha value is -2.98. The van der Waals surface area contributed by atoms with Gasteiger partial charge in [-0.1, -0.05) is 12.1 Å². The molecule has 0 aromatic heterocycles. The normalized spacial score (nSPS) is 13.7. The molecule has 170 valence electrons. The lowest BCUT2D eigenvalue weighted by molar-refractivity contribution is -0.148. The summed E-state index contributed by atoms with van der Waals surface area (Å²) in [6, 6.07) is 8.30. The van der Waals surface area contributed by atoms with Crippen LogP contribution in [0.4, 0.5) is 17.1 Å². The van der Waals surface area contributed by atoms with Gasteiger partial charge in [-0.25, -0.2) is 22.0 Å². The van der Waals surface area contributed by atoms with Gasteiger partial charge in [-0.2, -0.15) is 13.4 Å². The summed E-state index contributed by atoms with van der Waals surface area (Å²) in [7, 11) is -8.08. The highest BCUT2D eigenvalue weighted by molar-refractivity contribution is 7.89. The van der Waals surface area contributed by atoms with E-state index in [1.165, 1.54) is 37.3 Å². The van der Waals surface area contributed by atoms with Crippen molar-refractivity contribution < 1.29 is 31.2 Å². The fraction of sp³-hybridized carbons (Fsp3) is 0.176. The number of rotatable bonds is 8. The summed E-state index contributed by atoms with van der Waals surface area (Å²) in [6.07, 6.45) is 0. The van der Waals surface area contributed by atoms with Crippen molar-refractivity contribution in [1.29, 1.82) is 0 Å².